The normalized spacial score (nSPS) is 11.5. The SMILES string of the molecule is CC(C)c1cn(CCOCCOCCOCCOCCOCCNC(=O)COCC(=O)Nc2ccc(COC(=O)C(C)(C)C)cc2)nn1. The number of esters is 1. The number of carbonyl (C=O) groups is 3. The molecule has 0 saturated carbocycles. The van der Waals surface area contributed by atoms with E-state index in [0.717, 1.165) is 11.3 Å². The lowest BCUT2D eigenvalue weighted by atomic mass is 9.97. The van der Waals surface area contributed by atoms with Gasteiger partial charge in [0.1, 0.15) is 19.8 Å². The van der Waals surface area contributed by atoms with Crippen molar-refractivity contribution < 1.29 is 47.5 Å². The lowest BCUT2D eigenvalue weighted by Crippen LogP contribution is -2.32. The summed E-state index contributed by atoms with van der Waals surface area (Å²) >= 11 is 0. The summed E-state index contributed by atoms with van der Waals surface area (Å²) in [6, 6.07) is 6.91. The number of nitrogens with one attached hydrogen (secondary N) is 2. The van der Waals surface area contributed by atoms with Crippen molar-refractivity contribution in [2.45, 2.75) is 53.7 Å². The fraction of sp³-hybridized carbons (Fsp3) is 0.667. The molecule has 270 valence electrons. The van der Waals surface area contributed by atoms with E-state index in [9.17, 15) is 14.4 Å². The third-order valence-electron chi connectivity index (χ3n) is 6.36. The molecule has 1 aromatic heterocycles. The van der Waals surface area contributed by atoms with Gasteiger partial charge in [0.15, 0.2) is 0 Å². The molecule has 2 N–H and O–H groups in total. The minimum atomic E-state index is -0.570. The third kappa shape index (κ3) is 19.4. The number of aromatic nitrogens is 3. The molecule has 0 fully saturated rings. The zero-order valence-electron chi connectivity index (χ0n) is 29.0. The van der Waals surface area contributed by atoms with Gasteiger partial charge in [0, 0.05) is 18.4 Å². The maximum atomic E-state index is 12.1. The maximum Gasteiger partial charge on any atom is 0.311 e. The smallest absolute Gasteiger partial charge is 0.311 e. The van der Waals surface area contributed by atoms with Crippen LogP contribution in [0.15, 0.2) is 30.5 Å². The van der Waals surface area contributed by atoms with Crippen molar-refractivity contribution in [2.75, 3.05) is 91.1 Å². The number of rotatable bonds is 26. The second kappa shape index (κ2) is 23.8. The Balaban J connectivity index is 1.32. The Morgan fingerprint density at radius 1 is 0.750 bits per heavy atom. The maximum absolute atomic E-state index is 12.1. The van der Waals surface area contributed by atoms with Gasteiger partial charge in [-0.2, -0.15) is 0 Å². The Bertz CT molecular complexity index is 1180. The van der Waals surface area contributed by atoms with Gasteiger partial charge in [0.05, 0.1) is 83.7 Å². The summed E-state index contributed by atoms with van der Waals surface area (Å²) in [6.45, 7) is 14.6. The third-order valence-corrected chi connectivity index (χ3v) is 6.36. The number of ether oxygens (including phenoxy) is 7. The van der Waals surface area contributed by atoms with E-state index in [4.69, 9.17) is 33.2 Å². The average molecular weight is 680 g/mol. The van der Waals surface area contributed by atoms with Gasteiger partial charge < -0.3 is 43.8 Å². The molecule has 2 amide bonds. The summed E-state index contributed by atoms with van der Waals surface area (Å²) in [4.78, 5) is 35.9. The Labute approximate surface area is 283 Å². The van der Waals surface area contributed by atoms with Gasteiger partial charge in [-0.25, -0.2) is 4.68 Å². The number of hydrogen-bond acceptors (Lipinski definition) is 12. The predicted molar refractivity (Wildman–Crippen MR) is 176 cm³/mol. The van der Waals surface area contributed by atoms with Crippen molar-refractivity contribution in [3.63, 3.8) is 0 Å². The molecule has 48 heavy (non-hydrogen) atoms. The highest BCUT2D eigenvalue weighted by molar-refractivity contribution is 5.91. The number of nitrogens with zero attached hydrogens (tertiary/aromatic N) is 3. The number of amides is 2. The predicted octanol–water partition coefficient (Wildman–Crippen LogP) is 2.35. The fourth-order valence-electron chi connectivity index (χ4n) is 3.62. The van der Waals surface area contributed by atoms with Gasteiger partial charge in [0.25, 0.3) is 0 Å². The molecule has 0 radical (unpaired) electrons. The van der Waals surface area contributed by atoms with Crippen LogP contribution in [0.2, 0.25) is 0 Å². The van der Waals surface area contributed by atoms with Crippen LogP contribution < -0.4 is 10.6 Å². The van der Waals surface area contributed by atoms with E-state index in [-0.39, 0.29) is 31.7 Å². The van der Waals surface area contributed by atoms with Crippen LogP contribution in [-0.2, 0) is 60.7 Å². The van der Waals surface area contributed by atoms with Crippen LogP contribution in [0.4, 0.5) is 5.69 Å². The van der Waals surface area contributed by atoms with E-state index in [0.29, 0.717) is 90.8 Å². The molecule has 15 heteroatoms. The molecule has 0 aliphatic carbocycles. The minimum Gasteiger partial charge on any atom is -0.460 e. The Hall–Kier alpha value is -3.47. The number of anilines is 1. The molecular weight excluding hydrogens is 626 g/mol. The van der Waals surface area contributed by atoms with Crippen LogP contribution in [0.5, 0.6) is 0 Å². The molecule has 1 aromatic carbocycles. The zero-order chi connectivity index (χ0) is 35.0. The molecule has 0 saturated heterocycles. The summed E-state index contributed by atoms with van der Waals surface area (Å²) in [5.74, 6) is -0.675. The molecule has 0 unspecified atom stereocenters. The van der Waals surface area contributed by atoms with Gasteiger partial charge in [0.2, 0.25) is 11.8 Å². The largest absolute Gasteiger partial charge is 0.460 e. The Morgan fingerprint density at radius 3 is 1.83 bits per heavy atom. The minimum absolute atomic E-state index is 0.152. The van der Waals surface area contributed by atoms with E-state index in [1.54, 1.807) is 49.7 Å². The molecule has 2 aromatic rings. The molecule has 0 bridgehead atoms. The van der Waals surface area contributed by atoms with E-state index in [1.165, 1.54) is 0 Å². The lowest BCUT2D eigenvalue weighted by Gasteiger charge is -2.16. The molecule has 15 nitrogen and oxygen atoms in total. The summed E-state index contributed by atoms with van der Waals surface area (Å²) < 4.78 is 39.6. The standard InChI is InChI=1S/C33H53N5O10/c1-26(2)29-22-38(37-36-29)11-13-43-15-17-45-19-21-46-20-18-44-16-14-42-12-10-34-30(39)24-47-25-31(40)35-28-8-6-27(7-9-28)23-48-32(41)33(3,4)5/h6-9,22,26H,10-21,23-25H2,1-5H3,(H,34,39)(H,35,40). The highest BCUT2D eigenvalue weighted by Crippen LogP contribution is 2.17. The van der Waals surface area contributed by atoms with Crippen LogP contribution in [0.1, 0.15) is 51.8 Å². The van der Waals surface area contributed by atoms with Crippen molar-refractivity contribution >= 4 is 23.5 Å². The average Bonchev–Trinajstić information content (AvgIpc) is 3.53. The van der Waals surface area contributed by atoms with Crippen molar-refractivity contribution in [3.05, 3.63) is 41.7 Å². The lowest BCUT2D eigenvalue weighted by molar-refractivity contribution is -0.154. The summed E-state index contributed by atoms with van der Waals surface area (Å²) in [5, 5.41) is 13.5. The summed E-state index contributed by atoms with van der Waals surface area (Å²) in [5.41, 5.74) is 1.76. The Morgan fingerprint density at radius 2 is 1.29 bits per heavy atom. The number of benzene rings is 1. The van der Waals surface area contributed by atoms with Gasteiger partial charge in [-0.15, -0.1) is 5.10 Å². The second-order valence-corrected chi connectivity index (χ2v) is 12.0. The Kier molecular flexibility index (Phi) is 20.2. The molecule has 0 atom stereocenters. The van der Waals surface area contributed by atoms with Crippen LogP contribution in [0, 0.1) is 5.41 Å². The van der Waals surface area contributed by atoms with Crippen molar-refractivity contribution in [2.24, 2.45) is 5.41 Å². The molecule has 2 rings (SSSR count). The van der Waals surface area contributed by atoms with Gasteiger partial charge in [-0.3, -0.25) is 14.4 Å². The first kappa shape index (κ1) is 40.7. The number of hydrogen-bond donors (Lipinski definition) is 2. The monoisotopic (exact) mass is 679 g/mol. The van der Waals surface area contributed by atoms with Crippen molar-refractivity contribution in [1.29, 1.82) is 0 Å². The topological polar surface area (TPSA) is 171 Å². The highest BCUT2D eigenvalue weighted by atomic mass is 16.6. The van der Waals surface area contributed by atoms with Gasteiger partial charge in [-0.05, 0) is 44.4 Å². The molecular formula is C33H53N5O10. The van der Waals surface area contributed by atoms with Crippen LogP contribution >= 0.6 is 0 Å². The van der Waals surface area contributed by atoms with Gasteiger partial charge >= 0.3 is 5.97 Å². The fourth-order valence-corrected chi connectivity index (χ4v) is 3.62. The number of carbonyl (C=O) groups excluding carboxylic acids is 3. The first-order chi connectivity index (χ1) is 23.0. The quantitative estimate of drug-likeness (QED) is 0.110. The first-order valence-electron chi connectivity index (χ1n) is 16.2. The molecule has 1 heterocycles. The van der Waals surface area contributed by atoms with Crippen molar-refractivity contribution in [1.82, 2.24) is 20.3 Å². The molecule has 0 aliphatic rings. The van der Waals surface area contributed by atoms with Crippen LogP contribution in [0.25, 0.3) is 0 Å². The van der Waals surface area contributed by atoms with E-state index in [1.807, 2.05) is 6.20 Å². The summed E-state index contributed by atoms with van der Waals surface area (Å²) in [7, 11) is 0. The van der Waals surface area contributed by atoms with E-state index >= 15 is 0 Å². The van der Waals surface area contributed by atoms with E-state index < -0.39 is 11.3 Å². The zero-order valence-corrected chi connectivity index (χ0v) is 29.0. The highest BCUT2D eigenvalue weighted by Gasteiger charge is 2.22. The first-order valence-corrected chi connectivity index (χ1v) is 16.2. The van der Waals surface area contributed by atoms with E-state index in [2.05, 4.69) is 34.8 Å². The van der Waals surface area contributed by atoms with Crippen LogP contribution in [-0.4, -0.2) is 119 Å². The second-order valence-electron chi connectivity index (χ2n) is 12.0. The molecule has 0 aliphatic heterocycles. The summed E-state index contributed by atoms with van der Waals surface area (Å²) in [6.07, 6.45) is 1.94. The molecule has 0 spiro atoms. The van der Waals surface area contributed by atoms with Gasteiger partial charge in [-0.1, -0.05) is 31.2 Å². The van der Waals surface area contributed by atoms with Crippen molar-refractivity contribution in [3.8, 4) is 0 Å². The van der Waals surface area contributed by atoms with Crippen LogP contribution in [0.3, 0.4) is 0 Å².